The van der Waals surface area contributed by atoms with Crippen LogP contribution in [0.1, 0.15) is 0 Å². The average Bonchev–Trinajstić information content (AvgIpc) is 3.72. The van der Waals surface area contributed by atoms with Gasteiger partial charge in [-0.05, 0) is 109 Å². The van der Waals surface area contributed by atoms with Gasteiger partial charge < -0.3 is 4.90 Å². The van der Waals surface area contributed by atoms with Crippen LogP contribution in [0.15, 0.2) is 237 Å². The second-order valence-corrected chi connectivity index (χ2v) is 16.4. The molecule has 0 unspecified atom stereocenters. The molecule has 0 fully saturated rings. The van der Waals surface area contributed by atoms with E-state index in [-0.39, 0.29) is 0 Å². The van der Waals surface area contributed by atoms with Crippen molar-refractivity contribution in [2.75, 3.05) is 4.90 Å². The van der Waals surface area contributed by atoms with Crippen molar-refractivity contribution >= 4 is 59.3 Å². The van der Waals surface area contributed by atoms with Crippen molar-refractivity contribution in [2.45, 2.75) is 0 Å². The third-order valence-corrected chi connectivity index (χ3v) is 12.8. The minimum Gasteiger partial charge on any atom is -0.309 e. The van der Waals surface area contributed by atoms with Crippen LogP contribution in [-0.4, -0.2) is 0 Å². The lowest BCUT2D eigenvalue weighted by molar-refractivity contribution is 1.30. The molecular formula is C58H39NS. The maximum atomic E-state index is 2.46. The summed E-state index contributed by atoms with van der Waals surface area (Å²) in [6.45, 7) is 0. The molecule has 0 amide bonds. The summed E-state index contributed by atoms with van der Waals surface area (Å²) >= 11 is 1.86. The lowest BCUT2D eigenvalue weighted by atomic mass is 9.96. The molecule has 1 nitrogen and oxygen atoms in total. The first-order valence-electron chi connectivity index (χ1n) is 20.5. The van der Waals surface area contributed by atoms with Crippen LogP contribution in [0.25, 0.3) is 86.6 Å². The molecule has 11 aromatic rings. The van der Waals surface area contributed by atoms with E-state index in [2.05, 4.69) is 241 Å². The summed E-state index contributed by atoms with van der Waals surface area (Å²) in [5.74, 6) is 0. The van der Waals surface area contributed by atoms with E-state index in [0.29, 0.717) is 0 Å². The number of anilines is 3. The third-order valence-electron chi connectivity index (χ3n) is 11.7. The molecule has 11 rings (SSSR count). The normalized spacial score (nSPS) is 11.3. The summed E-state index contributed by atoms with van der Waals surface area (Å²) in [6.07, 6.45) is 0. The second kappa shape index (κ2) is 15.3. The van der Waals surface area contributed by atoms with Crippen LogP contribution in [-0.2, 0) is 0 Å². The van der Waals surface area contributed by atoms with Gasteiger partial charge in [-0.1, -0.05) is 188 Å². The zero-order valence-electron chi connectivity index (χ0n) is 32.9. The van der Waals surface area contributed by atoms with Crippen LogP contribution in [0.3, 0.4) is 0 Å². The predicted octanol–water partition coefficient (Wildman–Crippen LogP) is 17.0. The van der Waals surface area contributed by atoms with Crippen molar-refractivity contribution in [1.29, 1.82) is 0 Å². The fourth-order valence-corrected chi connectivity index (χ4v) is 9.77. The van der Waals surface area contributed by atoms with Crippen molar-refractivity contribution < 1.29 is 0 Å². The number of fused-ring (bicyclic) bond motifs is 4. The molecule has 0 aliphatic heterocycles. The molecule has 282 valence electrons. The van der Waals surface area contributed by atoms with Gasteiger partial charge in [-0.15, -0.1) is 11.3 Å². The minimum atomic E-state index is 1.11. The summed E-state index contributed by atoms with van der Waals surface area (Å²) in [5, 5.41) is 5.07. The standard InChI is InChI=1S/C58H39NS/c1-2-12-40(13-3-1)42-28-31-46(32-29-42)52-18-6-8-20-54(52)59(55-21-11-23-57-58(55)53-19-7-9-22-56(53)60-57)51-36-34-44(35-37-51)43-24-26-45(27-25-43)48-16-10-17-49(38-48)50-33-30-41-14-4-5-15-47(41)39-50/h1-39H. The van der Waals surface area contributed by atoms with E-state index in [9.17, 15) is 0 Å². The molecule has 2 heteroatoms. The van der Waals surface area contributed by atoms with Gasteiger partial charge in [0.1, 0.15) is 0 Å². The molecule has 0 saturated heterocycles. The van der Waals surface area contributed by atoms with Gasteiger partial charge in [-0.2, -0.15) is 0 Å². The smallest absolute Gasteiger partial charge is 0.0555 e. The highest BCUT2D eigenvalue weighted by molar-refractivity contribution is 7.26. The second-order valence-electron chi connectivity index (χ2n) is 15.3. The molecule has 0 bridgehead atoms. The van der Waals surface area contributed by atoms with Gasteiger partial charge in [0.2, 0.25) is 0 Å². The molecule has 10 aromatic carbocycles. The van der Waals surface area contributed by atoms with Crippen LogP contribution in [0.5, 0.6) is 0 Å². The Morgan fingerprint density at radius 3 is 1.53 bits per heavy atom. The van der Waals surface area contributed by atoms with Gasteiger partial charge in [0.15, 0.2) is 0 Å². The largest absolute Gasteiger partial charge is 0.309 e. The van der Waals surface area contributed by atoms with Gasteiger partial charge in [0, 0.05) is 31.4 Å². The highest BCUT2D eigenvalue weighted by Crippen LogP contribution is 2.47. The Bertz CT molecular complexity index is 3290. The van der Waals surface area contributed by atoms with Gasteiger partial charge in [0.25, 0.3) is 0 Å². The first-order valence-corrected chi connectivity index (χ1v) is 21.3. The summed E-state index contributed by atoms with van der Waals surface area (Å²) in [5.41, 5.74) is 15.4. The Balaban J connectivity index is 0.960. The number of hydrogen-bond acceptors (Lipinski definition) is 2. The molecule has 0 N–H and O–H groups in total. The van der Waals surface area contributed by atoms with Crippen molar-refractivity contribution in [3.8, 4) is 55.6 Å². The van der Waals surface area contributed by atoms with Crippen LogP contribution < -0.4 is 4.90 Å². The Kier molecular flexibility index (Phi) is 9.11. The van der Waals surface area contributed by atoms with Crippen molar-refractivity contribution in [1.82, 2.24) is 0 Å². The Morgan fingerprint density at radius 1 is 0.283 bits per heavy atom. The first kappa shape index (κ1) is 35.6. The van der Waals surface area contributed by atoms with E-state index in [1.807, 2.05) is 11.3 Å². The highest BCUT2D eigenvalue weighted by atomic mass is 32.1. The van der Waals surface area contributed by atoms with Crippen LogP contribution in [0.4, 0.5) is 17.1 Å². The third kappa shape index (κ3) is 6.63. The zero-order chi connectivity index (χ0) is 39.8. The highest BCUT2D eigenvalue weighted by Gasteiger charge is 2.21. The minimum absolute atomic E-state index is 1.11. The maximum absolute atomic E-state index is 2.46. The summed E-state index contributed by atoms with van der Waals surface area (Å²) in [7, 11) is 0. The van der Waals surface area contributed by atoms with Crippen LogP contribution in [0.2, 0.25) is 0 Å². The fraction of sp³-hybridized carbons (Fsp3) is 0. The number of para-hydroxylation sites is 1. The Hall–Kier alpha value is -7.52. The molecule has 0 atom stereocenters. The monoisotopic (exact) mass is 781 g/mol. The van der Waals surface area contributed by atoms with Gasteiger partial charge in [-0.25, -0.2) is 0 Å². The Morgan fingerprint density at radius 2 is 0.767 bits per heavy atom. The Labute approximate surface area is 354 Å². The molecule has 0 radical (unpaired) electrons. The fourth-order valence-electron chi connectivity index (χ4n) is 8.64. The van der Waals surface area contributed by atoms with E-state index in [1.165, 1.54) is 92.3 Å². The number of rotatable bonds is 8. The van der Waals surface area contributed by atoms with Crippen molar-refractivity contribution in [3.05, 3.63) is 237 Å². The van der Waals surface area contributed by atoms with E-state index in [4.69, 9.17) is 0 Å². The predicted molar refractivity (Wildman–Crippen MR) is 259 cm³/mol. The van der Waals surface area contributed by atoms with Crippen LogP contribution >= 0.6 is 11.3 Å². The molecule has 60 heavy (non-hydrogen) atoms. The molecule has 1 heterocycles. The van der Waals surface area contributed by atoms with Crippen molar-refractivity contribution in [3.63, 3.8) is 0 Å². The van der Waals surface area contributed by atoms with Gasteiger partial charge in [0.05, 0.1) is 11.4 Å². The molecule has 1 aromatic heterocycles. The zero-order valence-corrected chi connectivity index (χ0v) is 33.7. The number of thiophene rings is 1. The molecule has 0 aliphatic rings. The number of nitrogens with zero attached hydrogens (tertiary/aromatic N) is 1. The number of hydrogen-bond donors (Lipinski definition) is 0. The first-order chi connectivity index (χ1) is 29.7. The van der Waals surface area contributed by atoms with Crippen molar-refractivity contribution in [2.24, 2.45) is 0 Å². The molecular weight excluding hydrogens is 743 g/mol. The maximum Gasteiger partial charge on any atom is 0.0555 e. The molecule has 0 spiro atoms. The topological polar surface area (TPSA) is 3.24 Å². The SMILES string of the molecule is c1ccc(-c2ccc(-c3ccccc3N(c3ccc(-c4ccc(-c5cccc(-c6ccc7ccccc7c6)c5)cc4)cc3)c3cccc4sc5ccccc5c34)cc2)cc1. The van der Waals surface area contributed by atoms with Gasteiger partial charge in [-0.3, -0.25) is 0 Å². The average molecular weight is 782 g/mol. The number of benzene rings is 10. The van der Waals surface area contributed by atoms with Gasteiger partial charge >= 0.3 is 0 Å². The summed E-state index contributed by atoms with van der Waals surface area (Å²) in [4.78, 5) is 2.46. The van der Waals surface area contributed by atoms with E-state index >= 15 is 0 Å². The molecule has 0 aliphatic carbocycles. The van der Waals surface area contributed by atoms with Crippen LogP contribution in [0, 0.1) is 0 Å². The van der Waals surface area contributed by atoms with E-state index in [1.54, 1.807) is 0 Å². The summed E-state index contributed by atoms with van der Waals surface area (Å²) in [6, 6.07) is 86.1. The van der Waals surface area contributed by atoms with E-state index in [0.717, 1.165) is 11.4 Å². The molecule has 0 saturated carbocycles. The quantitative estimate of drug-likeness (QED) is 0.148. The van der Waals surface area contributed by atoms with E-state index < -0.39 is 0 Å². The lowest BCUT2D eigenvalue weighted by Gasteiger charge is -2.29. The summed E-state index contributed by atoms with van der Waals surface area (Å²) < 4.78 is 2.58. The lowest BCUT2D eigenvalue weighted by Crippen LogP contribution is -2.11.